The molecule has 2 atom stereocenters. The molecule has 1 saturated heterocycles. The number of benzene rings is 3. The number of hydrogen-bond donors (Lipinski definition) is 0. The van der Waals surface area contributed by atoms with Crippen molar-refractivity contribution >= 4 is 10.0 Å². The Bertz CT molecular complexity index is 1100. The summed E-state index contributed by atoms with van der Waals surface area (Å²) in [6.45, 7) is 0.0248. The monoisotopic (exact) mass is 433 g/mol. The Morgan fingerprint density at radius 2 is 1.37 bits per heavy atom. The van der Waals surface area contributed by atoms with Gasteiger partial charge in [0, 0.05) is 0 Å². The Balaban J connectivity index is 1.78. The lowest BCUT2D eigenvalue weighted by molar-refractivity contribution is -0.137. The minimum absolute atomic E-state index is 0.0248. The minimum Gasteiger partial charge on any atom is -0.356 e. The van der Waals surface area contributed by atoms with E-state index in [1.54, 1.807) is 42.5 Å². The molecule has 2 unspecified atom stereocenters. The summed E-state index contributed by atoms with van der Waals surface area (Å²) in [4.78, 5) is 0.0911. The highest BCUT2D eigenvalue weighted by molar-refractivity contribution is 7.89. The van der Waals surface area contributed by atoms with Crippen LogP contribution < -0.4 is 0 Å². The molecule has 0 spiro atoms. The lowest BCUT2D eigenvalue weighted by atomic mass is 10.1. The molecular formula is C22H18F3NO3S. The molecule has 156 valence electrons. The van der Waals surface area contributed by atoms with E-state index in [1.807, 2.05) is 6.07 Å². The second-order valence-electron chi connectivity index (χ2n) is 6.88. The second-order valence-corrected chi connectivity index (χ2v) is 8.72. The van der Waals surface area contributed by atoms with Crippen molar-refractivity contribution in [2.24, 2.45) is 0 Å². The Morgan fingerprint density at radius 3 is 1.93 bits per heavy atom. The molecule has 30 heavy (non-hydrogen) atoms. The van der Waals surface area contributed by atoms with Gasteiger partial charge in [0.2, 0.25) is 10.0 Å². The topological polar surface area (TPSA) is 46.6 Å². The van der Waals surface area contributed by atoms with Crippen LogP contribution in [0.15, 0.2) is 89.8 Å². The summed E-state index contributed by atoms with van der Waals surface area (Å²) in [6, 6.07) is 20.6. The van der Waals surface area contributed by atoms with Crippen LogP contribution in [-0.4, -0.2) is 19.3 Å². The number of sulfonamides is 1. The van der Waals surface area contributed by atoms with E-state index in [0.717, 1.165) is 12.1 Å². The molecule has 4 nitrogen and oxygen atoms in total. The molecule has 0 bridgehead atoms. The lowest BCUT2D eigenvalue weighted by Crippen LogP contribution is -2.33. The molecule has 8 heteroatoms. The van der Waals surface area contributed by atoms with Gasteiger partial charge in [-0.1, -0.05) is 60.7 Å². The van der Waals surface area contributed by atoms with Crippen molar-refractivity contribution in [1.82, 2.24) is 4.31 Å². The van der Waals surface area contributed by atoms with Crippen molar-refractivity contribution in [3.63, 3.8) is 0 Å². The number of nitrogens with zero attached hydrogens (tertiary/aromatic N) is 1. The molecule has 0 saturated carbocycles. The maximum Gasteiger partial charge on any atom is 0.416 e. The predicted octanol–water partition coefficient (Wildman–Crippen LogP) is 5.17. The van der Waals surface area contributed by atoms with Gasteiger partial charge in [-0.15, -0.1) is 0 Å². The van der Waals surface area contributed by atoms with Crippen LogP contribution in [-0.2, 0) is 20.9 Å². The summed E-state index contributed by atoms with van der Waals surface area (Å²) in [6.07, 6.45) is -5.35. The maximum absolute atomic E-state index is 13.5. The zero-order chi connectivity index (χ0) is 21.4. The third-order valence-corrected chi connectivity index (χ3v) is 6.85. The molecule has 0 amide bonds. The number of hydrogen-bond acceptors (Lipinski definition) is 3. The minimum atomic E-state index is -4.47. The summed E-state index contributed by atoms with van der Waals surface area (Å²) in [7, 11) is -3.99. The van der Waals surface area contributed by atoms with Gasteiger partial charge in [0.25, 0.3) is 0 Å². The summed E-state index contributed by atoms with van der Waals surface area (Å²) in [5.41, 5.74) is 0.287. The maximum atomic E-state index is 13.5. The third-order valence-electron chi connectivity index (χ3n) is 4.98. The zero-order valence-corrected chi connectivity index (χ0v) is 16.5. The van der Waals surface area contributed by atoms with Crippen molar-refractivity contribution in [3.8, 4) is 0 Å². The largest absolute Gasteiger partial charge is 0.416 e. The van der Waals surface area contributed by atoms with Crippen molar-refractivity contribution in [2.45, 2.75) is 23.3 Å². The van der Waals surface area contributed by atoms with Crippen LogP contribution in [0.3, 0.4) is 0 Å². The molecule has 3 aromatic rings. The first-order valence-corrected chi connectivity index (χ1v) is 10.6. The smallest absolute Gasteiger partial charge is 0.356 e. The summed E-state index contributed by atoms with van der Waals surface area (Å²) in [5.74, 6) is 0. The van der Waals surface area contributed by atoms with Crippen LogP contribution in [0.25, 0.3) is 0 Å². The van der Waals surface area contributed by atoms with Gasteiger partial charge in [-0.3, -0.25) is 0 Å². The fourth-order valence-electron chi connectivity index (χ4n) is 3.50. The number of alkyl halides is 3. The zero-order valence-electron chi connectivity index (χ0n) is 15.7. The SMILES string of the molecule is O=S(=O)(c1ccccc1)N1C(c2ccc(C(F)(F)F)cc2)COC1c1ccccc1. The molecule has 1 aliphatic heterocycles. The number of halogens is 3. The van der Waals surface area contributed by atoms with E-state index in [9.17, 15) is 21.6 Å². The quantitative estimate of drug-likeness (QED) is 0.571. The van der Waals surface area contributed by atoms with Crippen LogP contribution in [0.5, 0.6) is 0 Å². The summed E-state index contributed by atoms with van der Waals surface area (Å²) < 4.78 is 72.9. The van der Waals surface area contributed by atoms with Gasteiger partial charge in [-0.05, 0) is 35.4 Å². The fraction of sp³-hybridized carbons (Fsp3) is 0.182. The fourth-order valence-corrected chi connectivity index (χ4v) is 5.20. The highest BCUT2D eigenvalue weighted by Crippen LogP contribution is 2.43. The van der Waals surface area contributed by atoms with E-state index in [1.165, 1.54) is 28.6 Å². The molecule has 1 aliphatic rings. The summed E-state index contributed by atoms with van der Waals surface area (Å²) in [5, 5.41) is 0. The predicted molar refractivity (Wildman–Crippen MR) is 105 cm³/mol. The van der Waals surface area contributed by atoms with Crippen LogP contribution in [0.1, 0.15) is 29.0 Å². The molecule has 1 heterocycles. The van der Waals surface area contributed by atoms with E-state index < -0.39 is 34.0 Å². The highest BCUT2D eigenvalue weighted by atomic mass is 32.2. The number of ether oxygens (including phenoxy) is 1. The van der Waals surface area contributed by atoms with Gasteiger partial charge in [0.15, 0.2) is 6.23 Å². The molecule has 0 radical (unpaired) electrons. The highest BCUT2D eigenvalue weighted by Gasteiger charge is 2.45. The van der Waals surface area contributed by atoms with Crippen LogP contribution in [0.4, 0.5) is 13.2 Å². The van der Waals surface area contributed by atoms with Gasteiger partial charge < -0.3 is 4.74 Å². The first-order valence-electron chi connectivity index (χ1n) is 9.21. The normalized spacial score (nSPS) is 20.4. The first-order chi connectivity index (χ1) is 14.3. The van der Waals surface area contributed by atoms with Crippen molar-refractivity contribution in [3.05, 3.63) is 102 Å². The number of rotatable bonds is 4. The summed E-state index contributed by atoms with van der Waals surface area (Å²) >= 11 is 0. The van der Waals surface area contributed by atoms with Gasteiger partial charge in [0.05, 0.1) is 23.1 Å². The molecule has 3 aromatic carbocycles. The van der Waals surface area contributed by atoms with Gasteiger partial charge in [-0.25, -0.2) is 8.42 Å². The van der Waals surface area contributed by atoms with Gasteiger partial charge >= 0.3 is 6.18 Å². The second kappa shape index (κ2) is 7.86. The molecule has 0 N–H and O–H groups in total. The standard InChI is InChI=1S/C22H18F3NO3S/c23-22(24,25)18-13-11-16(12-14-18)20-15-29-21(17-7-3-1-4-8-17)26(20)30(27,28)19-9-5-2-6-10-19/h1-14,20-21H,15H2. The third kappa shape index (κ3) is 3.86. The average molecular weight is 433 g/mol. The van der Waals surface area contributed by atoms with Gasteiger partial charge in [-0.2, -0.15) is 17.5 Å². The van der Waals surface area contributed by atoms with E-state index in [2.05, 4.69) is 0 Å². The van der Waals surface area contributed by atoms with Crippen molar-refractivity contribution in [1.29, 1.82) is 0 Å². The molecular weight excluding hydrogens is 415 g/mol. The molecule has 0 aromatic heterocycles. The molecule has 1 fully saturated rings. The van der Waals surface area contributed by atoms with E-state index in [4.69, 9.17) is 4.74 Å². The molecule has 4 rings (SSSR count). The van der Waals surface area contributed by atoms with Crippen LogP contribution in [0, 0.1) is 0 Å². The Morgan fingerprint density at radius 1 is 0.800 bits per heavy atom. The Hall–Kier alpha value is -2.68. The molecule has 0 aliphatic carbocycles. The van der Waals surface area contributed by atoms with Crippen molar-refractivity contribution in [2.75, 3.05) is 6.61 Å². The van der Waals surface area contributed by atoms with E-state index in [0.29, 0.717) is 11.1 Å². The first kappa shape index (κ1) is 20.6. The van der Waals surface area contributed by atoms with E-state index >= 15 is 0 Å². The Labute approximate surface area is 172 Å². The van der Waals surface area contributed by atoms with Crippen LogP contribution >= 0.6 is 0 Å². The van der Waals surface area contributed by atoms with Crippen LogP contribution in [0.2, 0.25) is 0 Å². The Kier molecular flexibility index (Phi) is 5.40. The lowest BCUT2D eigenvalue weighted by Gasteiger charge is -2.28. The van der Waals surface area contributed by atoms with E-state index in [-0.39, 0.29) is 11.5 Å². The van der Waals surface area contributed by atoms with Crippen molar-refractivity contribution < 1.29 is 26.3 Å². The average Bonchev–Trinajstić information content (AvgIpc) is 3.21. The van der Waals surface area contributed by atoms with Gasteiger partial charge in [0.1, 0.15) is 0 Å².